The molecule has 0 unspecified atom stereocenters. The fourth-order valence-electron chi connectivity index (χ4n) is 4.01. The second-order valence-electron chi connectivity index (χ2n) is 11.9. The monoisotopic (exact) mass is 892 g/mol. The first kappa shape index (κ1) is 64.0. The predicted molar refractivity (Wildman–Crippen MR) is 245 cm³/mol. The van der Waals surface area contributed by atoms with E-state index < -0.39 is 36.9 Å². The third kappa shape index (κ3) is 23.3. The molecule has 0 fully saturated rings. The number of aromatic carboxylic acids is 2. The van der Waals surface area contributed by atoms with E-state index in [4.69, 9.17) is 36.4 Å². The summed E-state index contributed by atoms with van der Waals surface area (Å²) in [5.41, 5.74) is 11.0. The standard InChI is InChI=1S/C8H9NO3.C8H9NO2.C8H8O3.2C7H9NO2S.5CH4/c1-6-2-3-7(5-10)8(4-6)9(11)12;2*1-5-2-3-6(8(10)11)4-7(5)9;1-6-2-4-7(5-3-6)11(8,9)10;1-6-3-2-4-7(5-6)11(8,9)10;;;;;/h2-4,10H,5H2,1H3;2-4H,9H2,1H3,(H,10,11);2-4,9H,1H3,(H,10,11);2*2-5H,1H3,(H2,8,9,10);5*1H4. The summed E-state index contributed by atoms with van der Waals surface area (Å²) in [6.45, 7) is 8.72. The number of phenolic OH excluding ortho intramolecular Hbond substituents is 1. The number of aryl methyl sites for hydroxylation is 5. The van der Waals surface area contributed by atoms with Gasteiger partial charge >= 0.3 is 11.9 Å². The number of hydrogen-bond acceptors (Lipinski definition) is 11. The van der Waals surface area contributed by atoms with Crippen LogP contribution in [0.4, 0.5) is 11.4 Å². The first-order chi connectivity index (χ1) is 25.9. The van der Waals surface area contributed by atoms with Crippen molar-refractivity contribution in [2.45, 2.75) is 88.1 Å². The summed E-state index contributed by atoms with van der Waals surface area (Å²) >= 11 is 0. The number of nitrogens with two attached hydrogens (primary N) is 3. The molecule has 61 heavy (non-hydrogen) atoms. The number of benzene rings is 5. The minimum Gasteiger partial charge on any atom is -0.508 e. The molecule has 0 saturated heterocycles. The first-order valence-corrected chi connectivity index (χ1v) is 19.1. The van der Waals surface area contributed by atoms with Crippen LogP contribution in [-0.2, 0) is 26.7 Å². The van der Waals surface area contributed by atoms with Gasteiger partial charge in [-0.3, -0.25) is 10.1 Å². The fraction of sp³-hybridized carbons (Fsp3) is 0.256. The SMILES string of the molecule is C.C.C.C.C.Cc1ccc(C(=O)O)cc1N.Cc1ccc(C(=O)O)cc1O.Cc1ccc(CO)c([N+](=O)[O-])c1.Cc1ccc(S(N)(=O)=O)cc1.Cc1cccc(S(N)(=O)=O)c1. The number of sulfonamides is 2. The summed E-state index contributed by atoms with van der Waals surface area (Å²) in [5.74, 6) is -1.96. The van der Waals surface area contributed by atoms with Crippen LogP contribution in [0.2, 0.25) is 0 Å². The number of phenols is 1. The summed E-state index contributed by atoms with van der Waals surface area (Å²) in [7, 11) is -7.04. The molecule has 10 N–H and O–H groups in total. The molecule has 0 saturated carbocycles. The quantitative estimate of drug-likeness (QED) is 0.0478. The lowest BCUT2D eigenvalue weighted by Gasteiger charge is -1.99. The Balaban J connectivity index is -0.000000210. The number of rotatable bonds is 6. The van der Waals surface area contributed by atoms with Gasteiger partial charge in [0.15, 0.2) is 0 Å². The zero-order valence-electron chi connectivity index (χ0n) is 31.1. The molecule has 0 aliphatic heterocycles. The van der Waals surface area contributed by atoms with Gasteiger partial charge in [0.1, 0.15) is 5.75 Å². The van der Waals surface area contributed by atoms with Gasteiger partial charge in [-0.25, -0.2) is 36.7 Å². The van der Waals surface area contributed by atoms with Crippen molar-refractivity contribution in [3.05, 3.63) is 158 Å². The van der Waals surface area contributed by atoms with Crippen molar-refractivity contribution in [3.8, 4) is 5.75 Å². The lowest BCUT2D eigenvalue weighted by molar-refractivity contribution is -0.385. The van der Waals surface area contributed by atoms with Crippen molar-refractivity contribution in [2.75, 3.05) is 5.73 Å². The van der Waals surface area contributed by atoms with Crippen LogP contribution in [0.1, 0.15) is 91.2 Å². The van der Waals surface area contributed by atoms with Crippen molar-refractivity contribution < 1.29 is 51.8 Å². The van der Waals surface area contributed by atoms with Crippen molar-refractivity contribution in [3.63, 3.8) is 0 Å². The van der Waals surface area contributed by atoms with Gasteiger partial charge in [0.2, 0.25) is 20.0 Å². The van der Waals surface area contributed by atoms with Crippen LogP contribution in [0.25, 0.3) is 0 Å². The summed E-state index contributed by atoms with van der Waals surface area (Å²) in [5, 5.41) is 55.1. The third-order valence-electron chi connectivity index (χ3n) is 7.26. The molecule has 340 valence electrons. The van der Waals surface area contributed by atoms with Crippen molar-refractivity contribution in [1.82, 2.24) is 0 Å². The van der Waals surface area contributed by atoms with Gasteiger partial charge < -0.3 is 26.2 Å². The molecule has 18 heteroatoms. The molecule has 5 aromatic carbocycles. The van der Waals surface area contributed by atoms with Gasteiger partial charge in [-0.1, -0.05) is 85.2 Å². The van der Waals surface area contributed by atoms with Crippen molar-refractivity contribution >= 4 is 43.4 Å². The fourth-order valence-corrected chi connectivity index (χ4v) is 5.15. The summed E-state index contributed by atoms with van der Waals surface area (Å²) in [4.78, 5) is 31.0. The maximum Gasteiger partial charge on any atom is 0.335 e. The molecule has 0 radical (unpaired) electrons. The van der Waals surface area contributed by atoms with Gasteiger partial charge in [-0.15, -0.1) is 0 Å². The zero-order valence-corrected chi connectivity index (χ0v) is 32.7. The number of hydrogen-bond donors (Lipinski definition) is 7. The summed E-state index contributed by atoms with van der Waals surface area (Å²) in [6, 6.07) is 26.6. The highest BCUT2D eigenvalue weighted by molar-refractivity contribution is 7.89. The topological polar surface area (TPSA) is 305 Å². The van der Waals surface area contributed by atoms with Gasteiger partial charge in [0, 0.05) is 11.8 Å². The van der Waals surface area contributed by atoms with Crippen LogP contribution in [0.15, 0.2) is 113 Å². The Kier molecular flexibility index (Phi) is 30.5. The molecule has 5 aromatic rings. The molecule has 0 heterocycles. The highest BCUT2D eigenvalue weighted by atomic mass is 32.2. The number of primary sulfonamides is 2. The minimum absolute atomic E-state index is 0. The second-order valence-corrected chi connectivity index (χ2v) is 15.1. The maximum absolute atomic E-state index is 10.8. The molecule has 0 aliphatic carbocycles. The van der Waals surface area contributed by atoms with E-state index in [1.807, 2.05) is 26.8 Å². The average molecular weight is 893 g/mol. The van der Waals surface area contributed by atoms with Gasteiger partial charge in [-0.05, 0) is 111 Å². The number of carbonyl (C=O) groups is 2. The lowest BCUT2D eigenvalue weighted by Crippen LogP contribution is -2.11. The number of nitrogen functional groups attached to an aromatic ring is 1. The van der Waals surface area contributed by atoms with Crippen LogP contribution >= 0.6 is 0 Å². The van der Waals surface area contributed by atoms with Crippen molar-refractivity contribution in [1.29, 1.82) is 0 Å². The van der Waals surface area contributed by atoms with Gasteiger partial charge in [0.05, 0.1) is 38.0 Å². The molecule has 0 aliphatic rings. The molecule has 5 rings (SSSR count). The van der Waals surface area contributed by atoms with E-state index in [0.717, 1.165) is 22.3 Å². The number of nitro groups is 1. The Morgan fingerprint density at radius 1 is 0.607 bits per heavy atom. The average Bonchev–Trinajstić information content (AvgIpc) is 3.11. The van der Waals surface area contributed by atoms with E-state index in [-0.39, 0.29) is 76.1 Å². The summed E-state index contributed by atoms with van der Waals surface area (Å²) in [6.07, 6.45) is 0. The number of carboxylic acids is 2. The lowest BCUT2D eigenvalue weighted by atomic mass is 10.1. The summed E-state index contributed by atoms with van der Waals surface area (Å²) < 4.78 is 43.0. The smallest absolute Gasteiger partial charge is 0.335 e. The van der Waals surface area contributed by atoms with Crippen LogP contribution in [0.5, 0.6) is 5.75 Å². The highest BCUT2D eigenvalue weighted by Gasteiger charge is 2.12. The predicted octanol–water partition coefficient (Wildman–Crippen LogP) is 8.54. The number of anilines is 1. The van der Waals surface area contributed by atoms with Gasteiger partial charge in [0.25, 0.3) is 5.69 Å². The van der Waals surface area contributed by atoms with Crippen LogP contribution < -0.4 is 16.0 Å². The van der Waals surface area contributed by atoms with E-state index in [0.29, 0.717) is 16.8 Å². The normalized spacial score (nSPS) is 9.51. The Labute approximate surface area is 361 Å². The number of aromatic hydroxyl groups is 1. The van der Waals surface area contributed by atoms with E-state index in [9.17, 15) is 36.5 Å². The highest BCUT2D eigenvalue weighted by Crippen LogP contribution is 2.20. The Morgan fingerprint density at radius 3 is 1.43 bits per heavy atom. The Hall–Kier alpha value is -6.18. The molecule has 0 amide bonds. The minimum atomic E-state index is -3.53. The maximum atomic E-state index is 10.8. The largest absolute Gasteiger partial charge is 0.508 e. The first-order valence-electron chi connectivity index (χ1n) is 16.0. The number of carboxylic acid groups (broad SMARTS) is 2. The van der Waals surface area contributed by atoms with Crippen LogP contribution in [0, 0.1) is 44.7 Å². The van der Waals surface area contributed by atoms with Gasteiger partial charge in [-0.2, -0.15) is 0 Å². The number of aliphatic hydroxyl groups excluding tert-OH is 1. The molecular weight excluding hydrogens is 829 g/mol. The number of nitrogens with zero attached hydrogens (tertiary/aromatic N) is 1. The molecule has 16 nitrogen and oxygen atoms in total. The zero-order chi connectivity index (χ0) is 43.0. The molecule has 0 bridgehead atoms. The second kappa shape index (κ2) is 29.1. The van der Waals surface area contributed by atoms with Crippen LogP contribution in [-0.4, -0.2) is 54.1 Å². The van der Waals surface area contributed by atoms with E-state index >= 15 is 0 Å². The Morgan fingerprint density at radius 2 is 1.05 bits per heavy atom. The number of nitro benzene ring substituents is 1. The number of aliphatic hydroxyl groups is 1. The molecule has 0 atom stereocenters. The molecule has 0 spiro atoms. The molecule has 0 aromatic heterocycles. The third-order valence-corrected chi connectivity index (χ3v) is 9.10. The van der Waals surface area contributed by atoms with E-state index in [1.54, 1.807) is 56.3 Å². The van der Waals surface area contributed by atoms with E-state index in [2.05, 4.69) is 0 Å². The molecular formula is C43H64N4O12S2. The van der Waals surface area contributed by atoms with Crippen molar-refractivity contribution in [2.24, 2.45) is 10.3 Å². The van der Waals surface area contributed by atoms with E-state index in [1.165, 1.54) is 54.6 Å². The Bertz CT molecular complexity index is 2310. The van der Waals surface area contributed by atoms with Crippen LogP contribution in [0.3, 0.4) is 0 Å².